The van der Waals surface area contributed by atoms with Gasteiger partial charge in [-0.15, -0.1) is 0 Å². The Balaban J connectivity index is 0.000000354. The van der Waals surface area contributed by atoms with Gasteiger partial charge in [0.15, 0.2) is 0 Å². The molecule has 1 aromatic carbocycles. The van der Waals surface area contributed by atoms with Gasteiger partial charge in [0.1, 0.15) is 0 Å². The van der Waals surface area contributed by atoms with Gasteiger partial charge in [0.2, 0.25) is 0 Å². The van der Waals surface area contributed by atoms with E-state index < -0.39 is 16.5 Å². The third-order valence-electron chi connectivity index (χ3n) is 1.27. The molecular formula is C8H11Cl2PPt. The summed E-state index contributed by atoms with van der Waals surface area (Å²) in [5.74, 6) is 0. The molecule has 0 aliphatic heterocycles. The molecule has 0 saturated carbocycles. The second-order valence-corrected chi connectivity index (χ2v) is 7.86. The van der Waals surface area contributed by atoms with Crippen molar-refractivity contribution in [3.63, 3.8) is 0 Å². The van der Waals surface area contributed by atoms with Crippen molar-refractivity contribution in [2.24, 2.45) is 0 Å². The molecule has 0 nitrogen and oxygen atoms in total. The Morgan fingerprint density at radius 1 is 1.08 bits per heavy atom. The van der Waals surface area contributed by atoms with Gasteiger partial charge in [-0.3, -0.25) is 0 Å². The summed E-state index contributed by atoms with van der Waals surface area (Å²) in [6.07, 6.45) is 0. The summed E-state index contributed by atoms with van der Waals surface area (Å²) in [5, 5.41) is 1.48. The minimum absolute atomic E-state index is 0.104. The van der Waals surface area contributed by atoms with Gasteiger partial charge in [0, 0.05) is 0 Å². The summed E-state index contributed by atoms with van der Waals surface area (Å²) < 4.78 is 0. The Hall–Kier alpha value is 0.918. The van der Waals surface area contributed by atoms with Crippen LogP contribution in [-0.2, 0) is 16.5 Å². The first-order chi connectivity index (χ1) is 5.72. The van der Waals surface area contributed by atoms with Gasteiger partial charge in [-0.1, -0.05) is 38.3 Å². The SMILES string of the molecule is CP(C)c1ccccc1.[Cl][Pt][Cl]. The molecule has 0 heterocycles. The zero-order valence-electron chi connectivity index (χ0n) is 6.91. The molecule has 72 valence electrons. The second kappa shape index (κ2) is 8.51. The van der Waals surface area contributed by atoms with Crippen LogP contribution < -0.4 is 5.30 Å². The summed E-state index contributed by atoms with van der Waals surface area (Å²) in [6, 6.07) is 10.6. The van der Waals surface area contributed by atoms with Crippen LogP contribution in [0.3, 0.4) is 0 Å². The van der Waals surface area contributed by atoms with E-state index in [1.165, 1.54) is 5.30 Å². The van der Waals surface area contributed by atoms with Crippen molar-refractivity contribution < 1.29 is 16.5 Å². The molecule has 0 spiro atoms. The van der Waals surface area contributed by atoms with Gasteiger partial charge < -0.3 is 0 Å². The summed E-state index contributed by atoms with van der Waals surface area (Å²) >= 11 is -0.472. The van der Waals surface area contributed by atoms with E-state index in [0.717, 1.165) is 0 Å². The fourth-order valence-corrected chi connectivity index (χ4v) is 1.49. The van der Waals surface area contributed by atoms with Crippen LogP contribution in [0.2, 0.25) is 0 Å². The summed E-state index contributed by atoms with van der Waals surface area (Å²) in [7, 11) is 9.85. The molecule has 0 aliphatic carbocycles. The van der Waals surface area contributed by atoms with E-state index in [0.29, 0.717) is 0 Å². The third kappa shape index (κ3) is 6.44. The van der Waals surface area contributed by atoms with Crippen LogP contribution in [0.4, 0.5) is 0 Å². The predicted molar refractivity (Wildman–Crippen MR) is 56.6 cm³/mol. The topological polar surface area (TPSA) is 0 Å². The molecule has 0 amide bonds. The number of hydrogen-bond donors (Lipinski definition) is 0. The van der Waals surface area contributed by atoms with Crippen LogP contribution in [0.5, 0.6) is 0 Å². The van der Waals surface area contributed by atoms with Crippen molar-refractivity contribution >= 4 is 32.1 Å². The van der Waals surface area contributed by atoms with Gasteiger partial charge in [0.25, 0.3) is 0 Å². The maximum absolute atomic E-state index is 4.88. The van der Waals surface area contributed by atoms with E-state index >= 15 is 0 Å². The van der Waals surface area contributed by atoms with Crippen LogP contribution in [0.25, 0.3) is 0 Å². The van der Waals surface area contributed by atoms with Crippen molar-refractivity contribution in [1.29, 1.82) is 0 Å². The van der Waals surface area contributed by atoms with E-state index in [2.05, 4.69) is 43.7 Å². The Kier molecular flexibility index (Phi) is 9.17. The Bertz CT molecular complexity index is 192. The van der Waals surface area contributed by atoms with Crippen LogP contribution >= 0.6 is 26.8 Å². The molecule has 0 aromatic heterocycles. The molecule has 1 rings (SSSR count). The molecule has 1 aromatic rings. The maximum atomic E-state index is 4.88. The van der Waals surface area contributed by atoms with Crippen molar-refractivity contribution in [3.8, 4) is 0 Å². The normalized spacial score (nSPS) is 9.42. The van der Waals surface area contributed by atoms with E-state index in [1.54, 1.807) is 0 Å². The number of halogens is 2. The first kappa shape index (κ1) is 12.9. The Morgan fingerprint density at radius 2 is 1.50 bits per heavy atom. The van der Waals surface area contributed by atoms with Gasteiger partial charge in [-0.25, -0.2) is 0 Å². The van der Waals surface area contributed by atoms with Crippen LogP contribution in [0.1, 0.15) is 0 Å². The van der Waals surface area contributed by atoms with Crippen molar-refractivity contribution in [2.75, 3.05) is 13.3 Å². The first-order valence-corrected chi connectivity index (χ1v) is 11.1. The summed E-state index contributed by atoms with van der Waals surface area (Å²) in [6.45, 7) is 4.54. The third-order valence-corrected chi connectivity index (χ3v) is 2.60. The van der Waals surface area contributed by atoms with Crippen LogP contribution in [0.15, 0.2) is 30.3 Å². The van der Waals surface area contributed by atoms with Crippen LogP contribution in [0, 0.1) is 0 Å². The van der Waals surface area contributed by atoms with Gasteiger partial charge in [-0.2, -0.15) is 0 Å². The van der Waals surface area contributed by atoms with E-state index in [4.69, 9.17) is 18.8 Å². The molecular weight excluding hydrogens is 393 g/mol. The Morgan fingerprint density at radius 3 is 1.75 bits per heavy atom. The number of rotatable bonds is 1. The number of hydrogen-bond acceptors (Lipinski definition) is 0. The van der Waals surface area contributed by atoms with E-state index in [-0.39, 0.29) is 7.92 Å². The van der Waals surface area contributed by atoms with Crippen molar-refractivity contribution in [3.05, 3.63) is 30.3 Å². The molecule has 0 N–H and O–H groups in total. The summed E-state index contributed by atoms with van der Waals surface area (Å²) in [5.41, 5.74) is 0. The molecule has 4 heteroatoms. The molecule has 0 aliphatic rings. The average molecular weight is 404 g/mol. The van der Waals surface area contributed by atoms with Gasteiger partial charge in [0.05, 0.1) is 0 Å². The Labute approximate surface area is 91.8 Å². The standard InChI is InChI=1S/C8H11P.2ClH.Pt/c1-9(2)8-6-4-3-5-7-8;;;/h3-7H,1-2H3;2*1H;/q;;;+2/p-2. The van der Waals surface area contributed by atoms with Crippen molar-refractivity contribution in [2.45, 2.75) is 0 Å². The molecule has 0 saturated heterocycles. The van der Waals surface area contributed by atoms with Gasteiger partial charge in [-0.05, 0) is 18.6 Å². The monoisotopic (exact) mass is 403 g/mol. The van der Waals surface area contributed by atoms with Gasteiger partial charge >= 0.3 is 35.3 Å². The molecule has 0 fully saturated rings. The van der Waals surface area contributed by atoms with Crippen molar-refractivity contribution in [1.82, 2.24) is 0 Å². The molecule has 0 atom stereocenters. The molecule has 12 heavy (non-hydrogen) atoms. The quantitative estimate of drug-likeness (QED) is 0.630. The predicted octanol–water partition coefficient (Wildman–Crippen LogP) is 3.43. The molecule has 0 radical (unpaired) electrons. The van der Waals surface area contributed by atoms with Crippen LogP contribution in [-0.4, -0.2) is 13.3 Å². The number of benzene rings is 1. The minimum atomic E-state index is -0.472. The van der Waals surface area contributed by atoms with E-state index in [9.17, 15) is 0 Å². The molecule has 0 unspecified atom stereocenters. The average Bonchev–Trinajstić information content (AvgIpc) is 2.07. The zero-order chi connectivity index (χ0) is 9.40. The molecule has 0 bridgehead atoms. The fourth-order valence-electron chi connectivity index (χ4n) is 0.726. The van der Waals surface area contributed by atoms with E-state index in [1.807, 2.05) is 0 Å². The summed E-state index contributed by atoms with van der Waals surface area (Å²) in [4.78, 5) is 0. The second-order valence-electron chi connectivity index (χ2n) is 2.28. The first-order valence-electron chi connectivity index (χ1n) is 3.27. The zero-order valence-corrected chi connectivity index (χ0v) is 11.6. The fraction of sp³-hybridized carbons (Fsp3) is 0.250.